The third-order valence-electron chi connectivity index (χ3n) is 3.50. The van der Waals surface area contributed by atoms with Gasteiger partial charge in [-0.15, -0.1) is 0 Å². The molecule has 3 rings (SSSR count). The molecule has 8 heteroatoms. The Kier molecular flexibility index (Phi) is 3.66. The average molecular weight is 325 g/mol. The second-order valence-corrected chi connectivity index (χ2v) is 8.35. The van der Waals surface area contributed by atoms with Gasteiger partial charge in [0.1, 0.15) is 5.75 Å². The molecule has 0 amide bonds. The van der Waals surface area contributed by atoms with Gasteiger partial charge in [0.2, 0.25) is 0 Å². The fourth-order valence-corrected chi connectivity index (χ4v) is 6.16. The Hall–Kier alpha value is -1.54. The van der Waals surface area contributed by atoms with Crippen molar-refractivity contribution in [3.63, 3.8) is 0 Å². The molecular formula is C13H15N3O3S2. The molecule has 0 aromatic heterocycles. The summed E-state index contributed by atoms with van der Waals surface area (Å²) in [5, 5.41) is 14.0. The molecule has 6 nitrogen and oxygen atoms in total. The Balaban J connectivity index is 1.76. The van der Waals surface area contributed by atoms with Crippen LogP contribution >= 0.6 is 11.8 Å². The van der Waals surface area contributed by atoms with Crippen LogP contribution in [0.1, 0.15) is 5.56 Å². The predicted molar refractivity (Wildman–Crippen MR) is 84.0 cm³/mol. The van der Waals surface area contributed by atoms with E-state index in [9.17, 15) is 8.42 Å². The van der Waals surface area contributed by atoms with Crippen LogP contribution in [0.15, 0.2) is 29.4 Å². The van der Waals surface area contributed by atoms with E-state index in [1.165, 1.54) is 16.8 Å². The minimum absolute atomic E-state index is 0.0736. The fourth-order valence-electron chi connectivity index (χ4n) is 2.44. The lowest BCUT2D eigenvalue weighted by Crippen LogP contribution is -2.32. The van der Waals surface area contributed by atoms with Crippen LogP contribution in [0.3, 0.4) is 0 Å². The van der Waals surface area contributed by atoms with Crippen LogP contribution < -0.4 is 4.74 Å². The number of ether oxygens (including phenoxy) is 1. The highest BCUT2D eigenvalue weighted by Gasteiger charge is 2.48. The predicted octanol–water partition coefficient (Wildman–Crippen LogP) is 1.18. The molecule has 0 aliphatic carbocycles. The first-order chi connectivity index (χ1) is 9.98. The Morgan fingerprint density at radius 3 is 2.76 bits per heavy atom. The second-order valence-electron chi connectivity index (χ2n) is 4.97. The Morgan fingerprint density at radius 2 is 2.10 bits per heavy atom. The van der Waals surface area contributed by atoms with Gasteiger partial charge in [-0.25, -0.2) is 13.4 Å². The molecule has 2 atom stereocenters. The monoisotopic (exact) mass is 325 g/mol. The number of thioether (sulfide) groups is 1. The molecule has 2 unspecified atom stereocenters. The molecule has 1 aromatic carbocycles. The van der Waals surface area contributed by atoms with Crippen LogP contribution in [0.2, 0.25) is 0 Å². The summed E-state index contributed by atoms with van der Waals surface area (Å²) in [6.07, 6.45) is 1.64. The van der Waals surface area contributed by atoms with Crippen molar-refractivity contribution in [3.05, 3.63) is 29.8 Å². The van der Waals surface area contributed by atoms with Crippen LogP contribution in [0, 0.1) is 5.41 Å². The van der Waals surface area contributed by atoms with Gasteiger partial charge >= 0.3 is 0 Å². The van der Waals surface area contributed by atoms with E-state index in [1.807, 2.05) is 24.3 Å². The number of nitrogens with zero attached hydrogens (tertiary/aromatic N) is 2. The van der Waals surface area contributed by atoms with E-state index in [1.54, 1.807) is 13.3 Å². The number of rotatable bonds is 3. The van der Waals surface area contributed by atoms with Crippen molar-refractivity contribution in [1.82, 2.24) is 5.01 Å². The first-order valence-electron chi connectivity index (χ1n) is 6.41. The van der Waals surface area contributed by atoms with Crippen LogP contribution in [-0.2, 0) is 9.84 Å². The lowest BCUT2D eigenvalue weighted by Gasteiger charge is -2.17. The van der Waals surface area contributed by atoms with Gasteiger partial charge in [0, 0.05) is 5.25 Å². The zero-order valence-electron chi connectivity index (χ0n) is 11.4. The molecule has 2 saturated heterocycles. The molecule has 2 aliphatic heterocycles. The van der Waals surface area contributed by atoms with Crippen LogP contribution in [-0.4, -0.2) is 54.7 Å². The van der Waals surface area contributed by atoms with E-state index in [4.69, 9.17) is 10.1 Å². The van der Waals surface area contributed by atoms with Crippen molar-refractivity contribution in [2.45, 2.75) is 11.3 Å². The molecule has 2 heterocycles. The normalized spacial score (nSPS) is 27.3. The summed E-state index contributed by atoms with van der Waals surface area (Å²) in [5.41, 5.74) is 0.873. The summed E-state index contributed by atoms with van der Waals surface area (Å²) in [7, 11) is -1.40. The zero-order chi connectivity index (χ0) is 15.0. The van der Waals surface area contributed by atoms with Crippen molar-refractivity contribution in [2.24, 2.45) is 5.10 Å². The van der Waals surface area contributed by atoms with E-state index in [-0.39, 0.29) is 22.8 Å². The van der Waals surface area contributed by atoms with Crippen LogP contribution in [0.4, 0.5) is 0 Å². The topological polar surface area (TPSA) is 82.8 Å². The number of amidine groups is 1. The molecule has 21 heavy (non-hydrogen) atoms. The van der Waals surface area contributed by atoms with Crippen molar-refractivity contribution in [3.8, 4) is 5.75 Å². The molecule has 1 N–H and O–H groups in total. The van der Waals surface area contributed by atoms with Gasteiger partial charge in [-0.05, 0) is 29.8 Å². The van der Waals surface area contributed by atoms with Gasteiger partial charge in [0.05, 0.1) is 30.9 Å². The highest BCUT2D eigenvalue weighted by atomic mass is 32.2. The maximum atomic E-state index is 11.7. The fraction of sp³-hybridized carbons (Fsp3) is 0.385. The summed E-state index contributed by atoms with van der Waals surface area (Å²) in [5.74, 6) is 0.977. The minimum Gasteiger partial charge on any atom is -0.497 e. The highest BCUT2D eigenvalue weighted by Crippen LogP contribution is 2.37. The second kappa shape index (κ2) is 5.34. The average Bonchev–Trinajstić information content (AvgIpc) is 2.88. The number of fused-ring (bicyclic) bond motifs is 1. The van der Waals surface area contributed by atoms with Crippen LogP contribution in [0.25, 0.3) is 0 Å². The summed E-state index contributed by atoms with van der Waals surface area (Å²) >= 11 is 1.28. The zero-order valence-corrected chi connectivity index (χ0v) is 13.0. The third-order valence-corrected chi connectivity index (χ3v) is 6.63. The maximum absolute atomic E-state index is 11.7. The summed E-state index contributed by atoms with van der Waals surface area (Å²) in [6, 6.07) is 7.15. The number of methoxy groups -OCH3 is 1. The van der Waals surface area contributed by atoms with E-state index in [0.29, 0.717) is 5.17 Å². The SMILES string of the molecule is COc1ccc(/C=N/N2C(=N)SC3CS(=O)(=O)CC32)cc1. The van der Waals surface area contributed by atoms with Crippen LogP contribution in [0.5, 0.6) is 5.75 Å². The van der Waals surface area contributed by atoms with Crippen molar-refractivity contribution in [1.29, 1.82) is 5.41 Å². The maximum Gasteiger partial charge on any atom is 0.177 e. The molecule has 0 radical (unpaired) electrons. The minimum atomic E-state index is -3.00. The third kappa shape index (κ3) is 2.91. The van der Waals surface area contributed by atoms with E-state index in [0.717, 1.165) is 11.3 Å². The summed E-state index contributed by atoms with van der Waals surface area (Å²) in [6.45, 7) is 0. The van der Waals surface area contributed by atoms with Crippen molar-refractivity contribution in [2.75, 3.05) is 18.6 Å². The van der Waals surface area contributed by atoms with E-state index < -0.39 is 9.84 Å². The Bertz CT molecular complexity index is 685. The Morgan fingerprint density at radius 1 is 1.38 bits per heavy atom. The molecule has 0 spiro atoms. The smallest absolute Gasteiger partial charge is 0.177 e. The molecule has 0 saturated carbocycles. The number of hydrogen-bond acceptors (Lipinski definition) is 6. The molecule has 1 aromatic rings. The largest absolute Gasteiger partial charge is 0.497 e. The summed E-state index contributed by atoms with van der Waals surface area (Å²) < 4.78 is 28.4. The lowest BCUT2D eigenvalue weighted by atomic mass is 10.2. The van der Waals surface area contributed by atoms with E-state index >= 15 is 0 Å². The number of hydrogen-bond donors (Lipinski definition) is 1. The van der Waals surface area contributed by atoms with Crippen molar-refractivity contribution < 1.29 is 13.2 Å². The first kappa shape index (κ1) is 14.4. The number of benzene rings is 1. The van der Waals surface area contributed by atoms with Crippen molar-refractivity contribution >= 4 is 33.0 Å². The summed E-state index contributed by atoms with van der Waals surface area (Å²) in [4.78, 5) is 0. The van der Waals surface area contributed by atoms with Gasteiger partial charge in [-0.3, -0.25) is 5.41 Å². The molecule has 0 bridgehead atoms. The lowest BCUT2D eigenvalue weighted by molar-refractivity contribution is 0.376. The van der Waals surface area contributed by atoms with E-state index in [2.05, 4.69) is 5.10 Å². The standard InChI is InChI=1S/C13H15N3O3S2/c1-19-10-4-2-9(3-5-10)6-15-16-11-7-21(17,18)8-12(11)20-13(16)14/h2-6,11-12,14H,7-8H2,1H3/b14-13?,15-6+. The van der Waals surface area contributed by atoms with Gasteiger partial charge < -0.3 is 4.74 Å². The molecular weight excluding hydrogens is 310 g/mol. The number of sulfone groups is 1. The van der Waals surface area contributed by atoms with Gasteiger partial charge in [-0.1, -0.05) is 11.8 Å². The number of hydrazone groups is 1. The van der Waals surface area contributed by atoms with Gasteiger partial charge in [-0.2, -0.15) is 5.10 Å². The quantitative estimate of drug-likeness (QED) is 0.844. The Labute approximate surface area is 127 Å². The first-order valence-corrected chi connectivity index (χ1v) is 9.11. The molecule has 2 aliphatic rings. The highest BCUT2D eigenvalue weighted by molar-refractivity contribution is 8.15. The molecule has 112 valence electrons. The number of nitrogens with one attached hydrogen (secondary N) is 1. The molecule has 2 fully saturated rings. The van der Waals surface area contributed by atoms with Gasteiger partial charge in [0.25, 0.3) is 0 Å². The van der Waals surface area contributed by atoms with Gasteiger partial charge in [0.15, 0.2) is 15.0 Å².